The van der Waals surface area contributed by atoms with Crippen LogP contribution in [0.3, 0.4) is 0 Å². The molecule has 1 amide bonds. The summed E-state index contributed by atoms with van der Waals surface area (Å²) in [5.41, 5.74) is 7.58. The number of H-pyrrole nitrogens is 1. The Morgan fingerprint density at radius 3 is 2.63 bits per heavy atom. The minimum absolute atomic E-state index is 0.0928. The number of benzene rings is 1. The zero-order valence-electron chi connectivity index (χ0n) is 15.6. The normalized spacial score (nSPS) is 23.7. The lowest BCUT2D eigenvalue weighted by molar-refractivity contribution is 0.0656. The Kier molecular flexibility index (Phi) is 5.13. The number of carbonyl (C=O) groups is 1. The van der Waals surface area contributed by atoms with Crippen molar-refractivity contribution in [1.29, 1.82) is 0 Å². The van der Waals surface area contributed by atoms with Gasteiger partial charge < -0.3 is 4.90 Å². The first-order valence-corrected chi connectivity index (χ1v) is 9.82. The highest BCUT2D eigenvalue weighted by Crippen LogP contribution is 2.28. The zero-order chi connectivity index (χ0) is 18.8. The average molecular weight is 369 g/mol. The summed E-state index contributed by atoms with van der Waals surface area (Å²) in [6, 6.07) is 11.2. The third kappa shape index (κ3) is 3.57. The van der Waals surface area contributed by atoms with Gasteiger partial charge in [0.1, 0.15) is 5.69 Å². The molecule has 4 rings (SSSR count). The number of para-hydroxylation sites is 1. The zero-order valence-corrected chi connectivity index (χ0v) is 15.6. The van der Waals surface area contributed by atoms with Crippen LogP contribution in [-0.2, 0) is 0 Å². The summed E-state index contributed by atoms with van der Waals surface area (Å²) >= 11 is 0. The fourth-order valence-corrected chi connectivity index (χ4v) is 4.36. The van der Waals surface area contributed by atoms with Crippen LogP contribution in [0.2, 0.25) is 0 Å². The molecule has 0 radical (unpaired) electrons. The number of aromatic nitrogens is 2. The molecule has 1 aromatic heterocycles. The number of amides is 1. The number of nitrogens with one attached hydrogen (secondary N) is 3. The van der Waals surface area contributed by atoms with Crippen LogP contribution in [-0.4, -0.2) is 46.3 Å². The van der Waals surface area contributed by atoms with E-state index in [1.54, 1.807) is 0 Å². The summed E-state index contributed by atoms with van der Waals surface area (Å²) in [6.45, 7) is 4.72. The maximum absolute atomic E-state index is 12.9. The molecular weight excluding hydrogens is 342 g/mol. The van der Waals surface area contributed by atoms with Crippen LogP contribution >= 0.6 is 0 Å². The standard InChI is InChI=1S/C20H27N5O2/c1-2-14-13-21-22-19(14)15-8-10-24(11-9-15)20(27)17-12-18(26)25(23-17)16-6-4-3-5-7-16/h3-7,12,14-15,19,21-23H,2,8-11,13H2,1H3. The van der Waals surface area contributed by atoms with Gasteiger partial charge >= 0.3 is 0 Å². The van der Waals surface area contributed by atoms with Gasteiger partial charge in [-0.05, 0) is 36.8 Å². The number of carbonyl (C=O) groups excluding carboxylic acids is 1. The summed E-state index contributed by atoms with van der Waals surface area (Å²) in [4.78, 5) is 27.0. The molecule has 2 aliphatic heterocycles. The minimum atomic E-state index is -0.216. The molecule has 0 bridgehead atoms. The molecule has 144 valence electrons. The molecule has 0 aliphatic carbocycles. The Balaban J connectivity index is 1.42. The van der Waals surface area contributed by atoms with E-state index in [1.165, 1.54) is 10.7 Å². The van der Waals surface area contributed by atoms with Crippen molar-refractivity contribution in [3.05, 3.63) is 52.4 Å². The molecule has 3 heterocycles. The van der Waals surface area contributed by atoms with Crippen molar-refractivity contribution in [2.75, 3.05) is 19.6 Å². The Labute approximate surface area is 158 Å². The quantitative estimate of drug-likeness (QED) is 0.763. The van der Waals surface area contributed by atoms with Crippen molar-refractivity contribution in [2.24, 2.45) is 11.8 Å². The Bertz CT molecular complexity index is 836. The van der Waals surface area contributed by atoms with E-state index in [0.29, 0.717) is 23.6 Å². The first-order valence-electron chi connectivity index (χ1n) is 9.82. The molecule has 0 spiro atoms. The van der Waals surface area contributed by atoms with Gasteiger partial charge in [-0.15, -0.1) is 0 Å². The predicted molar refractivity (Wildman–Crippen MR) is 104 cm³/mol. The molecule has 0 saturated carbocycles. The topological polar surface area (TPSA) is 82.2 Å². The molecule has 3 N–H and O–H groups in total. The Morgan fingerprint density at radius 1 is 1.19 bits per heavy atom. The fraction of sp³-hybridized carbons (Fsp3) is 0.500. The lowest BCUT2D eigenvalue weighted by atomic mass is 9.82. The van der Waals surface area contributed by atoms with E-state index in [4.69, 9.17) is 0 Å². The first kappa shape index (κ1) is 18.0. The molecule has 2 unspecified atom stereocenters. The largest absolute Gasteiger partial charge is 0.337 e. The van der Waals surface area contributed by atoms with Crippen LogP contribution in [0.1, 0.15) is 36.7 Å². The molecule has 1 aromatic carbocycles. The molecule has 7 nitrogen and oxygen atoms in total. The van der Waals surface area contributed by atoms with E-state index in [1.807, 2.05) is 35.2 Å². The molecule has 27 heavy (non-hydrogen) atoms. The van der Waals surface area contributed by atoms with Crippen LogP contribution < -0.4 is 16.4 Å². The van der Waals surface area contributed by atoms with Crippen molar-refractivity contribution >= 4 is 5.91 Å². The van der Waals surface area contributed by atoms with Gasteiger partial charge in [0.25, 0.3) is 11.5 Å². The van der Waals surface area contributed by atoms with Crippen molar-refractivity contribution in [1.82, 2.24) is 25.5 Å². The molecule has 7 heteroatoms. The molecule has 2 fully saturated rings. The highest BCUT2D eigenvalue weighted by molar-refractivity contribution is 5.92. The number of hydrogen-bond donors (Lipinski definition) is 3. The van der Waals surface area contributed by atoms with Gasteiger partial charge in [-0.2, -0.15) is 0 Å². The van der Waals surface area contributed by atoms with Crippen LogP contribution in [0.25, 0.3) is 5.69 Å². The second-order valence-corrected chi connectivity index (χ2v) is 7.53. The third-order valence-electron chi connectivity index (χ3n) is 5.97. The van der Waals surface area contributed by atoms with Crippen LogP contribution in [0, 0.1) is 11.8 Å². The molecule has 2 saturated heterocycles. The Hall–Kier alpha value is -2.38. The van der Waals surface area contributed by atoms with E-state index >= 15 is 0 Å². The van der Waals surface area contributed by atoms with Crippen molar-refractivity contribution in [3.63, 3.8) is 0 Å². The fourth-order valence-electron chi connectivity index (χ4n) is 4.36. The number of hydrazine groups is 1. The van der Waals surface area contributed by atoms with Gasteiger partial charge in [-0.25, -0.2) is 4.68 Å². The summed E-state index contributed by atoms with van der Waals surface area (Å²) in [7, 11) is 0. The van der Waals surface area contributed by atoms with Gasteiger partial charge in [0.05, 0.1) is 5.69 Å². The van der Waals surface area contributed by atoms with Crippen LogP contribution in [0.4, 0.5) is 0 Å². The summed E-state index contributed by atoms with van der Waals surface area (Å²) in [5.74, 6) is 1.15. The van der Waals surface area contributed by atoms with Crippen molar-refractivity contribution in [2.45, 2.75) is 32.2 Å². The minimum Gasteiger partial charge on any atom is -0.337 e. The predicted octanol–water partition coefficient (Wildman–Crippen LogP) is 1.52. The monoisotopic (exact) mass is 369 g/mol. The lowest BCUT2D eigenvalue weighted by Gasteiger charge is -2.36. The molecule has 2 aromatic rings. The van der Waals surface area contributed by atoms with Crippen molar-refractivity contribution < 1.29 is 4.79 Å². The lowest BCUT2D eigenvalue weighted by Crippen LogP contribution is -2.46. The van der Waals surface area contributed by atoms with E-state index in [-0.39, 0.29) is 11.5 Å². The van der Waals surface area contributed by atoms with Gasteiger partial charge in [0, 0.05) is 31.7 Å². The SMILES string of the molecule is CCC1CNNC1C1CCN(C(=O)c2cc(=O)n(-c3ccccc3)[nH]2)CC1. The number of piperidine rings is 1. The number of hydrogen-bond acceptors (Lipinski definition) is 4. The highest BCUT2D eigenvalue weighted by Gasteiger charge is 2.35. The maximum Gasteiger partial charge on any atom is 0.271 e. The summed E-state index contributed by atoms with van der Waals surface area (Å²) in [5, 5.41) is 2.97. The number of likely N-dealkylation sites (tertiary alicyclic amines) is 1. The second-order valence-electron chi connectivity index (χ2n) is 7.53. The van der Waals surface area contributed by atoms with E-state index in [0.717, 1.165) is 44.6 Å². The van der Waals surface area contributed by atoms with Gasteiger partial charge in [0.2, 0.25) is 0 Å². The smallest absolute Gasteiger partial charge is 0.271 e. The summed E-state index contributed by atoms with van der Waals surface area (Å²) < 4.78 is 1.42. The molecule has 2 aliphatic rings. The van der Waals surface area contributed by atoms with Gasteiger partial charge in [-0.1, -0.05) is 31.5 Å². The summed E-state index contributed by atoms with van der Waals surface area (Å²) in [6.07, 6.45) is 3.15. The Morgan fingerprint density at radius 2 is 1.93 bits per heavy atom. The second kappa shape index (κ2) is 7.70. The number of aromatic amines is 1. The maximum atomic E-state index is 12.9. The van der Waals surface area contributed by atoms with Crippen LogP contribution in [0.15, 0.2) is 41.2 Å². The van der Waals surface area contributed by atoms with Crippen LogP contribution in [0.5, 0.6) is 0 Å². The van der Waals surface area contributed by atoms with Crippen molar-refractivity contribution in [3.8, 4) is 5.69 Å². The van der Waals surface area contributed by atoms with E-state index in [2.05, 4.69) is 22.9 Å². The first-order chi connectivity index (χ1) is 13.2. The van der Waals surface area contributed by atoms with Gasteiger partial charge in [0.15, 0.2) is 0 Å². The van der Waals surface area contributed by atoms with Gasteiger partial charge in [-0.3, -0.25) is 25.5 Å². The number of nitrogens with zero attached hydrogens (tertiary/aromatic N) is 2. The number of rotatable bonds is 4. The molecular formula is C20H27N5O2. The highest BCUT2D eigenvalue weighted by atomic mass is 16.2. The van der Waals surface area contributed by atoms with E-state index < -0.39 is 0 Å². The van der Waals surface area contributed by atoms with E-state index in [9.17, 15) is 9.59 Å². The average Bonchev–Trinajstić information content (AvgIpc) is 3.34. The third-order valence-corrected chi connectivity index (χ3v) is 5.97. The molecule has 2 atom stereocenters.